The monoisotopic (exact) mass is 355 g/mol. The molecule has 26 heavy (non-hydrogen) atoms. The number of nitrogens with zero attached hydrogens (tertiary/aromatic N) is 3. The van der Waals surface area contributed by atoms with E-state index in [2.05, 4.69) is 15.1 Å². The fraction of sp³-hybridized carbons (Fsp3) is 0.353. The molecule has 0 spiro atoms. The van der Waals surface area contributed by atoms with Crippen molar-refractivity contribution < 1.29 is 24.3 Å². The predicted molar refractivity (Wildman–Crippen MR) is 92.2 cm³/mol. The number of benzene rings is 1. The molecule has 9 heteroatoms. The van der Waals surface area contributed by atoms with Gasteiger partial charge in [0.2, 0.25) is 0 Å². The van der Waals surface area contributed by atoms with Gasteiger partial charge in [-0.25, -0.2) is 4.79 Å². The second kappa shape index (κ2) is 6.93. The molecule has 0 aliphatic carbocycles. The second-order valence-corrected chi connectivity index (χ2v) is 6.53. The van der Waals surface area contributed by atoms with Crippen LogP contribution in [-0.4, -0.2) is 57.5 Å². The minimum absolute atomic E-state index is 0.0157. The number of carboxylic acids is 1. The van der Waals surface area contributed by atoms with E-state index in [1.54, 1.807) is 18.5 Å². The highest BCUT2D eigenvalue weighted by atomic mass is 16.5. The molecule has 1 fully saturated rings. The first kappa shape index (κ1) is 16.8. The summed E-state index contributed by atoms with van der Waals surface area (Å²) in [4.78, 5) is 13.9. The van der Waals surface area contributed by atoms with Crippen LogP contribution in [0.3, 0.4) is 0 Å². The van der Waals surface area contributed by atoms with Gasteiger partial charge in [0, 0.05) is 25.8 Å². The van der Waals surface area contributed by atoms with Crippen LogP contribution in [0.15, 0.2) is 30.6 Å². The lowest BCUT2D eigenvalue weighted by Gasteiger charge is -2.39. The molecular formula is C17H18BN3O5. The summed E-state index contributed by atoms with van der Waals surface area (Å²) in [5.74, 6) is -0.627. The first-order valence-electron chi connectivity index (χ1n) is 8.48. The van der Waals surface area contributed by atoms with Crippen molar-refractivity contribution in [3.63, 3.8) is 0 Å². The zero-order valence-electron chi connectivity index (χ0n) is 14.0. The Bertz CT molecular complexity index is 814. The summed E-state index contributed by atoms with van der Waals surface area (Å²) in [7, 11) is -0.982. The molecule has 134 valence electrons. The SMILES string of the molecule is O=C(O)c1c(OC2CN(Cc3ccnnc3)C2)ccc2c1OB(O)CC2. The zero-order valence-corrected chi connectivity index (χ0v) is 14.0. The van der Waals surface area contributed by atoms with Gasteiger partial charge in [0.1, 0.15) is 23.2 Å². The standard InChI is InChI=1S/C17H18BN3O5/c22-17(23)15-14(2-1-12-3-5-18(24)26-16(12)15)25-13-9-21(10-13)8-11-4-6-19-20-7-11/h1-2,4,6-7,13,24H,3,5,8-10H2,(H,22,23). The number of aromatic carboxylic acids is 1. The number of hydrogen-bond acceptors (Lipinski definition) is 7. The van der Waals surface area contributed by atoms with E-state index < -0.39 is 13.1 Å². The van der Waals surface area contributed by atoms with Crippen molar-refractivity contribution in [2.75, 3.05) is 13.1 Å². The highest BCUT2D eigenvalue weighted by Crippen LogP contribution is 2.37. The highest BCUT2D eigenvalue weighted by molar-refractivity contribution is 6.44. The highest BCUT2D eigenvalue weighted by Gasteiger charge is 2.33. The van der Waals surface area contributed by atoms with Gasteiger partial charge < -0.3 is 19.5 Å². The predicted octanol–water partition coefficient (Wildman–Crippen LogP) is 0.853. The van der Waals surface area contributed by atoms with Gasteiger partial charge in [-0.2, -0.15) is 10.2 Å². The maximum Gasteiger partial charge on any atom is 0.522 e. The molecule has 1 aromatic carbocycles. The van der Waals surface area contributed by atoms with Gasteiger partial charge >= 0.3 is 13.1 Å². The molecule has 2 aliphatic heterocycles. The van der Waals surface area contributed by atoms with Gasteiger partial charge in [-0.15, -0.1) is 0 Å². The minimum atomic E-state index is -1.12. The van der Waals surface area contributed by atoms with E-state index in [4.69, 9.17) is 9.39 Å². The normalized spacial score (nSPS) is 17.2. The summed E-state index contributed by atoms with van der Waals surface area (Å²) < 4.78 is 11.3. The van der Waals surface area contributed by atoms with Crippen LogP contribution in [0.5, 0.6) is 11.5 Å². The molecule has 0 saturated carbocycles. The molecule has 2 N–H and O–H groups in total. The van der Waals surface area contributed by atoms with E-state index in [0.29, 0.717) is 25.8 Å². The van der Waals surface area contributed by atoms with Crippen LogP contribution in [0.1, 0.15) is 21.5 Å². The molecule has 2 aliphatic rings. The van der Waals surface area contributed by atoms with E-state index in [9.17, 15) is 14.9 Å². The van der Waals surface area contributed by atoms with Gasteiger partial charge in [0.05, 0.1) is 6.20 Å². The van der Waals surface area contributed by atoms with Crippen molar-refractivity contribution >= 4 is 13.1 Å². The second-order valence-electron chi connectivity index (χ2n) is 6.53. The van der Waals surface area contributed by atoms with Crippen molar-refractivity contribution in [3.8, 4) is 11.5 Å². The van der Waals surface area contributed by atoms with Crippen molar-refractivity contribution in [2.24, 2.45) is 0 Å². The number of carbonyl (C=O) groups is 1. The number of hydrogen-bond donors (Lipinski definition) is 2. The van der Waals surface area contributed by atoms with Crippen LogP contribution >= 0.6 is 0 Å². The van der Waals surface area contributed by atoms with Crippen LogP contribution in [-0.2, 0) is 13.0 Å². The number of rotatable bonds is 5. The summed E-state index contributed by atoms with van der Waals surface area (Å²) in [5, 5.41) is 26.9. The van der Waals surface area contributed by atoms with Gasteiger partial charge in [-0.1, -0.05) is 6.07 Å². The Kier molecular flexibility index (Phi) is 4.48. The topological polar surface area (TPSA) is 105 Å². The van der Waals surface area contributed by atoms with Crippen molar-refractivity contribution in [2.45, 2.75) is 25.4 Å². The number of aromatic nitrogens is 2. The molecule has 0 bridgehead atoms. The Morgan fingerprint density at radius 3 is 2.92 bits per heavy atom. The molecule has 2 aromatic rings. The third kappa shape index (κ3) is 3.35. The lowest BCUT2D eigenvalue weighted by Crippen LogP contribution is -2.53. The molecule has 3 heterocycles. The average molecular weight is 355 g/mol. The Morgan fingerprint density at radius 2 is 2.19 bits per heavy atom. The van der Waals surface area contributed by atoms with Crippen LogP contribution < -0.4 is 9.39 Å². The average Bonchev–Trinajstić information content (AvgIpc) is 2.60. The number of carboxylic acid groups (broad SMARTS) is 1. The molecule has 4 rings (SSSR count). The summed E-state index contributed by atoms with van der Waals surface area (Å²) in [5.41, 5.74) is 1.83. The van der Waals surface area contributed by atoms with Gasteiger partial charge in [0.25, 0.3) is 0 Å². The number of fused-ring (bicyclic) bond motifs is 1. The third-order valence-corrected chi connectivity index (χ3v) is 4.60. The van der Waals surface area contributed by atoms with E-state index >= 15 is 0 Å². The number of aryl methyl sites for hydroxylation is 1. The first-order chi connectivity index (χ1) is 12.6. The maximum absolute atomic E-state index is 11.7. The Balaban J connectivity index is 1.44. The Morgan fingerprint density at radius 1 is 1.35 bits per heavy atom. The molecule has 0 unspecified atom stereocenters. The van der Waals surface area contributed by atoms with Crippen LogP contribution in [0.25, 0.3) is 0 Å². The van der Waals surface area contributed by atoms with Gasteiger partial charge in [0.15, 0.2) is 0 Å². The van der Waals surface area contributed by atoms with E-state index in [1.807, 2.05) is 12.1 Å². The molecule has 8 nitrogen and oxygen atoms in total. The van der Waals surface area contributed by atoms with Gasteiger partial charge in [-0.3, -0.25) is 4.90 Å². The molecule has 1 saturated heterocycles. The fourth-order valence-corrected chi connectivity index (χ4v) is 3.29. The van der Waals surface area contributed by atoms with Crippen LogP contribution in [0.2, 0.25) is 6.32 Å². The van der Waals surface area contributed by atoms with Crippen LogP contribution in [0, 0.1) is 0 Å². The summed E-state index contributed by atoms with van der Waals surface area (Å²) >= 11 is 0. The zero-order chi connectivity index (χ0) is 18.1. The smallest absolute Gasteiger partial charge is 0.522 e. The lowest BCUT2D eigenvalue weighted by atomic mass is 9.78. The van der Waals surface area contributed by atoms with Crippen molar-refractivity contribution in [1.29, 1.82) is 0 Å². The summed E-state index contributed by atoms with van der Waals surface area (Å²) in [6, 6.07) is 5.40. The largest absolute Gasteiger partial charge is 0.535 e. The maximum atomic E-state index is 11.7. The number of ether oxygens (including phenoxy) is 1. The molecule has 0 amide bonds. The molecular weight excluding hydrogens is 337 g/mol. The molecule has 1 aromatic heterocycles. The Hall–Kier alpha value is -2.65. The number of likely N-dealkylation sites (tertiary alicyclic amines) is 1. The molecule has 0 atom stereocenters. The van der Waals surface area contributed by atoms with E-state index in [-0.39, 0.29) is 23.2 Å². The van der Waals surface area contributed by atoms with Crippen LogP contribution in [0.4, 0.5) is 0 Å². The third-order valence-electron chi connectivity index (χ3n) is 4.60. The minimum Gasteiger partial charge on any atom is -0.535 e. The van der Waals surface area contributed by atoms with Crippen molar-refractivity contribution in [3.05, 3.63) is 47.3 Å². The molecule has 0 radical (unpaired) electrons. The van der Waals surface area contributed by atoms with Crippen molar-refractivity contribution in [1.82, 2.24) is 15.1 Å². The summed E-state index contributed by atoms with van der Waals surface area (Å²) in [6.45, 7) is 2.14. The lowest BCUT2D eigenvalue weighted by molar-refractivity contribution is 0.0134. The first-order valence-corrected chi connectivity index (χ1v) is 8.48. The van der Waals surface area contributed by atoms with E-state index in [0.717, 1.165) is 17.7 Å². The Labute approximate surface area is 150 Å². The van der Waals surface area contributed by atoms with Gasteiger partial charge in [-0.05, 0) is 36.0 Å². The van der Waals surface area contributed by atoms with E-state index in [1.165, 1.54) is 0 Å². The fourth-order valence-electron chi connectivity index (χ4n) is 3.29. The summed E-state index contributed by atoms with van der Waals surface area (Å²) in [6.07, 6.45) is 4.32. The quantitative estimate of drug-likeness (QED) is 0.761.